The minimum Gasteiger partial charge on any atom is -0.486 e. The molecule has 0 spiro atoms. The molecule has 0 aliphatic carbocycles. The number of nitrogens with one attached hydrogen (secondary N) is 3. The number of rotatable bonds is 4. The molecule has 0 bridgehead atoms. The molecule has 1 amide bonds. The van der Waals surface area contributed by atoms with E-state index in [1.165, 1.54) is 0 Å². The molecular formula is C14H19N3O4S. The lowest BCUT2D eigenvalue weighted by Gasteiger charge is -2.19. The lowest BCUT2D eigenvalue weighted by molar-refractivity contribution is 0.0942. The second-order valence-corrected chi connectivity index (χ2v) is 5.18. The second-order valence-electron chi connectivity index (χ2n) is 4.77. The molecule has 1 aromatic rings. The monoisotopic (exact) mass is 325 g/mol. The zero-order valence-corrected chi connectivity index (χ0v) is 13.3. The van der Waals surface area contributed by atoms with Crippen molar-refractivity contribution in [3.8, 4) is 11.5 Å². The van der Waals surface area contributed by atoms with Gasteiger partial charge in [-0.1, -0.05) is 0 Å². The predicted molar refractivity (Wildman–Crippen MR) is 85.1 cm³/mol. The van der Waals surface area contributed by atoms with Crippen LogP contribution in [0.2, 0.25) is 0 Å². The Morgan fingerprint density at radius 2 is 2.05 bits per heavy atom. The van der Waals surface area contributed by atoms with Gasteiger partial charge in [0.15, 0.2) is 16.6 Å². The number of amides is 1. The van der Waals surface area contributed by atoms with Crippen LogP contribution in [0.1, 0.15) is 17.3 Å². The van der Waals surface area contributed by atoms with Crippen LogP contribution < -0.4 is 25.6 Å². The van der Waals surface area contributed by atoms with Gasteiger partial charge in [-0.2, -0.15) is 0 Å². The summed E-state index contributed by atoms with van der Waals surface area (Å²) in [6, 6.07) is 5.04. The summed E-state index contributed by atoms with van der Waals surface area (Å²) in [5, 5.41) is 3.29. The molecule has 0 unspecified atom stereocenters. The summed E-state index contributed by atoms with van der Waals surface area (Å²) in [4.78, 5) is 12.1. The molecule has 1 aliphatic heterocycles. The van der Waals surface area contributed by atoms with Crippen molar-refractivity contribution in [1.29, 1.82) is 0 Å². The largest absolute Gasteiger partial charge is 0.486 e. The number of benzene rings is 1. The summed E-state index contributed by atoms with van der Waals surface area (Å²) in [5.74, 6) is 0.884. The molecule has 8 heteroatoms. The van der Waals surface area contributed by atoms with Crippen molar-refractivity contribution >= 4 is 23.2 Å². The van der Waals surface area contributed by atoms with E-state index in [-0.39, 0.29) is 11.9 Å². The fourth-order valence-corrected chi connectivity index (χ4v) is 2.17. The average molecular weight is 325 g/mol. The fourth-order valence-electron chi connectivity index (χ4n) is 1.92. The number of carbonyl (C=O) groups excluding carboxylic acids is 1. The Morgan fingerprint density at radius 3 is 2.77 bits per heavy atom. The third-order valence-corrected chi connectivity index (χ3v) is 3.11. The van der Waals surface area contributed by atoms with E-state index in [0.717, 1.165) is 0 Å². The van der Waals surface area contributed by atoms with Crippen LogP contribution in [0, 0.1) is 0 Å². The summed E-state index contributed by atoms with van der Waals surface area (Å²) < 4.78 is 15.8. The number of ether oxygens (including phenoxy) is 3. The van der Waals surface area contributed by atoms with Crippen molar-refractivity contribution in [3.63, 3.8) is 0 Å². The third kappa shape index (κ3) is 4.47. The first-order valence-electron chi connectivity index (χ1n) is 6.85. The minimum atomic E-state index is -0.319. The van der Waals surface area contributed by atoms with Crippen LogP contribution in [0.5, 0.6) is 11.5 Å². The minimum absolute atomic E-state index is 0.0381. The number of carbonyl (C=O) groups is 1. The smallest absolute Gasteiger partial charge is 0.269 e. The van der Waals surface area contributed by atoms with Crippen LogP contribution in [0.15, 0.2) is 18.2 Å². The summed E-state index contributed by atoms with van der Waals surface area (Å²) in [6.07, 6.45) is 0. The number of thiocarbonyl (C=S) groups is 1. The van der Waals surface area contributed by atoms with Crippen molar-refractivity contribution in [2.24, 2.45) is 0 Å². The summed E-state index contributed by atoms with van der Waals surface area (Å²) >= 11 is 5.07. The topological polar surface area (TPSA) is 80.9 Å². The van der Waals surface area contributed by atoms with E-state index in [1.807, 2.05) is 6.92 Å². The molecule has 7 nitrogen and oxygen atoms in total. The standard InChI is InChI=1S/C14H19N3O4S/c1-9(8-19-2)15-14(22)17-16-13(18)10-3-4-11-12(7-10)21-6-5-20-11/h3-4,7,9H,5-6,8H2,1-2H3,(H,16,18)(H2,15,17,22)/t9-/m1/s1. The van der Waals surface area contributed by atoms with Crippen LogP contribution in [0.25, 0.3) is 0 Å². The lowest BCUT2D eigenvalue weighted by atomic mass is 10.2. The molecular weight excluding hydrogens is 306 g/mol. The zero-order chi connectivity index (χ0) is 15.9. The summed E-state index contributed by atoms with van der Waals surface area (Å²) in [7, 11) is 1.61. The Balaban J connectivity index is 1.86. The summed E-state index contributed by atoms with van der Waals surface area (Å²) in [5.41, 5.74) is 5.62. The highest BCUT2D eigenvalue weighted by Gasteiger charge is 2.15. The first-order valence-corrected chi connectivity index (χ1v) is 7.26. The average Bonchev–Trinajstić information content (AvgIpc) is 2.52. The van der Waals surface area contributed by atoms with E-state index in [4.69, 9.17) is 26.4 Å². The van der Waals surface area contributed by atoms with Gasteiger partial charge >= 0.3 is 0 Å². The van der Waals surface area contributed by atoms with Gasteiger partial charge in [0.05, 0.1) is 6.61 Å². The van der Waals surface area contributed by atoms with Crippen LogP contribution in [-0.4, -0.2) is 44.0 Å². The van der Waals surface area contributed by atoms with Gasteiger partial charge in [0.25, 0.3) is 5.91 Å². The van der Waals surface area contributed by atoms with Crippen LogP contribution in [-0.2, 0) is 4.74 Å². The Kier molecular flexibility index (Phi) is 5.79. The maximum Gasteiger partial charge on any atom is 0.269 e. The van der Waals surface area contributed by atoms with E-state index in [9.17, 15) is 4.79 Å². The lowest BCUT2D eigenvalue weighted by Crippen LogP contribution is -2.49. The Morgan fingerprint density at radius 1 is 1.32 bits per heavy atom. The number of hydrogen-bond donors (Lipinski definition) is 3. The normalized spacial score (nSPS) is 13.9. The Labute approximate surface area is 134 Å². The van der Waals surface area contributed by atoms with Gasteiger partial charge < -0.3 is 19.5 Å². The quantitative estimate of drug-likeness (QED) is 0.552. The van der Waals surface area contributed by atoms with E-state index >= 15 is 0 Å². The highest BCUT2D eigenvalue weighted by atomic mass is 32.1. The molecule has 0 saturated heterocycles. The van der Waals surface area contributed by atoms with Gasteiger partial charge in [-0.05, 0) is 37.3 Å². The van der Waals surface area contributed by atoms with E-state index in [1.54, 1.807) is 25.3 Å². The Hall–Kier alpha value is -2.06. The van der Waals surface area contributed by atoms with Gasteiger partial charge in [0, 0.05) is 18.7 Å². The first kappa shape index (κ1) is 16.3. The zero-order valence-electron chi connectivity index (χ0n) is 12.5. The molecule has 0 fully saturated rings. The Bertz CT molecular complexity index is 553. The number of hydrogen-bond acceptors (Lipinski definition) is 5. The van der Waals surface area contributed by atoms with Crippen molar-refractivity contribution < 1.29 is 19.0 Å². The molecule has 2 rings (SSSR count). The van der Waals surface area contributed by atoms with Gasteiger partial charge in [0.1, 0.15) is 13.2 Å². The van der Waals surface area contributed by atoms with E-state index < -0.39 is 0 Å². The molecule has 1 atom stereocenters. The van der Waals surface area contributed by atoms with E-state index in [0.29, 0.717) is 42.0 Å². The van der Waals surface area contributed by atoms with Crippen LogP contribution in [0.4, 0.5) is 0 Å². The molecule has 3 N–H and O–H groups in total. The molecule has 0 radical (unpaired) electrons. The van der Waals surface area contributed by atoms with E-state index in [2.05, 4.69) is 16.2 Å². The molecule has 1 aliphatic rings. The van der Waals surface area contributed by atoms with Crippen LogP contribution >= 0.6 is 12.2 Å². The maximum absolute atomic E-state index is 12.1. The summed E-state index contributed by atoms with van der Waals surface area (Å²) in [6.45, 7) is 3.42. The van der Waals surface area contributed by atoms with Crippen LogP contribution in [0.3, 0.4) is 0 Å². The van der Waals surface area contributed by atoms with Gasteiger partial charge in [0.2, 0.25) is 0 Å². The number of fused-ring (bicyclic) bond motifs is 1. The van der Waals surface area contributed by atoms with Crippen molar-refractivity contribution in [3.05, 3.63) is 23.8 Å². The molecule has 1 heterocycles. The number of hydrazine groups is 1. The fraction of sp³-hybridized carbons (Fsp3) is 0.429. The maximum atomic E-state index is 12.1. The second kappa shape index (κ2) is 7.81. The predicted octanol–water partition coefficient (Wildman–Crippen LogP) is 0.602. The molecule has 0 aromatic heterocycles. The van der Waals surface area contributed by atoms with Gasteiger partial charge in [-0.15, -0.1) is 0 Å². The SMILES string of the molecule is COC[C@@H](C)NC(=S)NNC(=O)c1ccc2c(c1)OCCO2. The molecule has 1 aromatic carbocycles. The highest BCUT2D eigenvalue weighted by Crippen LogP contribution is 2.30. The van der Waals surface area contributed by atoms with Gasteiger partial charge in [-0.3, -0.25) is 15.6 Å². The van der Waals surface area contributed by atoms with Crippen molar-refractivity contribution in [1.82, 2.24) is 16.2 Å². The third-order valence-electron chi connectivity index (χ3n) is 2.89. The first-order chi connectivity index (χ1) is 10.6. The molecule has 22 heavy (non-hydrogen) atoms. The molecule has 120 valence electrons. The number of methoxy groups -OCH3 is 1. The highest BCUT2D eigenvalue weighted by molar-refractivity contribution is 7.80. The van der Waals surface area contributed by atoms with Crippen molar-refractivity contribution in [2.75, 3.05) is 26.9 Å². The van der Waals surface area contributed by atoms with Crippen molar-refractivity contribution in [2.45, 2.75) is 13.0 Å². The molecule has 0 saturated carbocycles. The van der Waals surface area contributed by atoms with Gasteiger partial charge in [-0.25, -0.2) is 0 Å².